The summed E-state index contributed by atoms with van der Waals surface area (Å²) < 4.78 is 44.1. The number of aromatic nitrogens is 2. The lowest BCUT2D eigenvalue weighted by Crippen LogP contribution is -2.32. The first-order valence-electron chi connectivity index (χ1n) is 9.21. The highest BCUT2D eigenvalue weighted by molar-refractivity contribution is 7.92. The van der Waals surface area contributed by atoms with Crippen LogP contribution >= 0.6 is 0 Å². The standard InChI is InChI=1S/C20H21FN4O4S/c1-30(27,28)25(17-11-6-5-10-16(17)21)13-7-12-18(26)22-14-19-23-20(24-29-19)15-8-3-2-4-9-15/h2-6,8-11H,7,12-14H2,1H3,(H,22,26). The zero-order valence-electron chi connectivity index (χ0n) is 16.3. The summed E-state index contributed by atoms with van der Waals surface area (Å²) in [5.41, 5.74) is 0.757. The van der Waals surface area contributed by atoms with Crippen molar-refractivity contribution in [2.45, 2.75) is 19.4 Å². The lowest BCUT2D eigenvalue weighted by Gasteiger charge is -2.22. The monoisotopic (exact) mass is 432 g/mol. The van der Waals surface area contributed by atoms with Gasteiger partial charge in [-0.3, -0.25) is 9.10 Å². The van der Waals surface area contributed by atoms with Crippen LogP contribution < -0.4 is 9.62 Å². The van der Waals surface area contributed by atoms with E-state index in [9.17, 15) is 17.6 Å². The van der Waals surface area contributed by atoms with Gasteiger partial charge in [0.1, 0.15) is 5.82 Å². The van der Waals surface area contributed by atoms with Crippen LogP contribution in [0.1, 0.15) is 18.7 Å². The molecule has 0 radical (unpaired) electrons. The van der Waals surface area contributed by atoms with Gasteiger partial charge in [-0.2, -0.15) is 4.98 Å². The van der Waals surface area contributed by atoms with Crippen molar-refractivity contribution in [1.29, 1.82) is 0 Å². The highest BCUT2D eigenvalue weighted by atomic mass is 32.2. The number of carbonyl (C=O) groups excluding carboxylic acids is 1. The van der Waals surface area contributed by atoms with E-state index in [1.807, 2.05) is 30.3 Å². The van der Waals surface area contributed by atoms with Crippen molar-refractivity contribution in [2.24, 2.45) is 0 Å². The molecule has 0 aliphatic heterocycles. The Labute approximate surface area is 173 Å². The molecule has 1 N–H and O–H groups in total. The molecule has 1 aromatic heterocycles. The van der Waals surface area contributed by atoms with Crippen LogP contribution in [0.2, 0.25) is 0 Å². The zero-order valence-corrected chi connectivity index (χ0v) is 17.1. The van der Waals surface area contributed by atoms with Gasteiger partial charge in [-0.1, -0.05) is 47.6 Å². The van der Waals surface area contributed by atoms with E-state index in [0.29, 0.717) is 5.82 Å². The topological polar surface area (TPSA) is 105 Å². The molecule has 30 heavy (non-hydrogen) atoms. The fourth-order valence-corrected chi connectivity index (χ4v) is 3.76. The van der Waals surface area contributed by atoms with Crippen LogP contribution in [0, 0.1) is 5.82 Å². The van der Waals surface area contributed by atoms with Crippen molar-refractivity contribution in [3.8, 4) is 11.4 Å². The molecule has 1 amide bonds. The first-order chi connectivity index (χ1) is 14.3. The van der Waals surface area contributed by atoms with Crippen molar-refractivity contribution in [3.63, 3.8) is 0 Å². The largest absolute Gasteiger partial charge is 0.347 e. The van der Waals surface area contributed by atoms with Gasteiger partial charge in [0.2, 0.25) is 27.6 Å². The van der Waals surface area contributed by atoms with Gasteiger partial charge in [0.15, 0.2) is 0 Å². The van der Waals surface area contributed by atoms with Gasteiger partial charge in [-0.15, -0.1) is 0 Å². The van der Waals surface area contributed by atoms with Crippen LogP contribution in [-0.2, 0) is 21.4 Å². The number of halogens is 1. The van der Waals surface area contributed by atoms with Crippen LogP contribution in [0.25, 0.3) is 11.4 Å². The molecule has 3 rings (SSSR count). The van der Waals surface area contributed by atoms with E-state index in [1.54, 1.807) is 6.07 Å². The molecule has 2 aromatic carbocycles. The highest BCUT2D eigenvalue weighted by Crippen LogP contribution is 2.22. The molecule has 0 aliphatic carbocycles. The smallest absolute Gasteiger partial charge is 0.246 e. The Morgan fingerprint density at radius 1 is 1.13 bits per heavy atom. The summed E-state index contributed by atoms with van der Waals surface area (Å²) in [6, 6.07) is 14.9. The Kier molecular flexibility index (Phi) is 6.78. The number of carbonyl (C=O) groups is 1. The Hall–Kier alpha value is -3.27. The van der Waals surface area contributed by atoms with Crippen molar-refractivity contribution >= 4 is 21.6 Å². The van der Waals surface area contributed by atoms with E-state index in [4.69, 9.17) is 4.52 Å². The van der Waals surface area contributed by atoms with Gasteiger partial charge < -0.3 is 9.84 Å². The Morgan fingerprint density at radius 2 is 1.83 bits per heavy atom. The van der Waals surface area contributed by atoms with Gasteiger partial charge in [0, 0.05) is 18.5 Å². The van der Waals surface area contributed by atoms with E-state index in [1.165, 1.54) is 18.2 Å². The lowest BCUT2D eigenvalue weighted by molar-refractivity contribution is -0.121. The molecule has 1 heterocycles. The number of amides is 1. The summed E-state index contributed by atoms with van der Waals surface area (Å²) in [4.78, 5) is 16.3. The van der Waals surface area contributed by atoms with Crippen molar-refractivity contribution in [1.82, 2.24) is 15.5 Å². The molecule has 3 aromatic rings. The van der Waals surface area contributed by atoms with Crippen LogP contribution in [0.15, 0.2) is 59.1 Å². The molecule has 0 fully saturated rings. The molecule has 10 heteroatoms. The molecule has 0 spiro atoms. The third kappa shape index (κ3) is 5.63. The maximum atomic E-state index is 14.0. The Bertz CT molecular complexity index is 1100. The van der Waals surface area contributed by atoms with Gasteiger partial charge >= 0.3 is 0 Å². The van der Waals surface area contributed by atoms with E-state index in [-0.39, 0.29) is 43.4 Å². The summed E-state index contributed by atoms with van der Waals surface area (Å²) in [6.45, 7) is 0.0354. The maximum absolute atomic E-state index is 14.0. The molecule has 158 valence electrons. The SMILES string of the molecule is CS(=O)(=O)N(CCCC(=O)NCc1nc(-c2ccccc2)no1)c1ccccc1F. The number of hydrogen-bond acceptors (Lipinski definition) is 6. The van der Waals surface area contributed by atoms with Gasteiger partial charge in [-0.05, 0) is 18.6 Å². The van der Waals surface area contributed by atoms with Gasteiger partial charge in [-0.25, -0.2) is 12.8 Å². The van der Waals surface area contributed by atoms with Crippen molar-refractivity contribution in [2.75, 3.05) is 17.1 Å². The molecular formula is C20H21FN4O4S. The number of nitrogens with one attached hydrogen (secondary N) is 1. The minimum atomic E-state index is -3.69. The number of benzene rings is 2. The highest BCUT2D eigenvalue weighted by Gasteiger charge is 2.20. The summed E-state index contributed by atoms with van der Waals surface area (Å²) in [5.74, 6) is -0.269. The molecule has 0 unspecified atom stereocenters. The van der Waals surface area contributed by atoms with E-state index >= 15 is 0 Å². The third-order valence-electron chi connectivity index (χ3n) is 4.22. The van der Waals surface area contributed by atoms with E-state index in [2.05, 4.69) is 15.5 Å². The third-order valence-corrected chi connectivity index (χ3v) is 5.40. The number of sulfonamides is 1. The van der Waals surface area contributed by atoms with Crippen LogP contribution in [0.5, 0.6) is 0 Å². The first-order valence-corrected chi connectivity index (χ1v) is 11.1. The minimum Gasteiger partial charge on any atom is -0.347 e. The zero-order chi connectivity index (χ0) is 21.6. The fraction of sp³-hybridized carbons (Fsp3) is 0.250. The summed E-state index contributed by atoms with van der Waals surface area (Å²) in [6.07, 6.45) is 1.27. The van der Waals surface area contributed by atoms with Crippen molar-refractivity contribution in [3.05, 3.63) is 66.3 Å². The number of hydrogen-bond donors (Lipinski definition) is 1. The second-order valence-corrected chi connectivity index (χ2v) is 8.45. The molecular weight excluding hydrogens is 411 g/mol. The maximum Gasteiger partial charge on any atom is 0.246 e. The second kappa shape index (κ2) is 9.49. The average Bonchev–Trinajstić information content (AvgIpc) is 3.19. The van der Waals surface area contributed by atoms with Gasteiger partial charge in [0.25, 0.3) is 0 Å². The number of anilines is 1. The Balaban J connectivity index is 1.51. The normalized spacial score (nSPS) is 11.3. The molecule has 0 saturated carbocycles. The molecule has 0 saturated heterocycles. The average molecular weight is 432 g/mol. The van der Waals surface area contributed by atoms with E-state index < -0.39 is 15.8 Å². The van der Waals surface area contributed by atoms with E-state index in [0.717, 1.165) is 16.1 Å². The van der Waals surface area contributed by atoms with Crippen LogP contribution in [0.4, 0.5) is 10.1 Å². The first kappa shape index (κ1) is 21.4. The van der Waals surface area contributed by atoms with Crippen molar-refractivity contribution < 1.29 is 22.1 Å². The summed E-state index contributed by atoms with van der Waals surface area (Å²) in [5, 5.41) is 6.52. The molecule has 0 aliphatic rings. The minimum absolute atomic E-state index is 0.0219. The molecule has 0 bridgehead atoms. The fourth-order valence-electron chi connectivity index (χ4n) is 2.80. The van der Waals surface area contributed by atoms with Gasteiger partial charge in [0.05, 0.1) is 18.5 Å². The quantitative estimate of drug-likeness (QED) is 0.557. The summed E-state index contributed by atoms with van der Waals surface area (Å²) in [7, 11) is -3.69. The Morgan fingerprint density at radius 3 is 2.53 bits per heavy atom. The van der Waals surface area contributed by atoms with Crippen LogP contribution in [0.3, 0.4) is 0 Å². The lowest BCUT2D eigenvalue weighted by atomic mass is 10.2. The number of rotatable bonds is 9. The number of nitrogens with zero attached hydrogens (tertiary/aromatic N) is 3. The molecule has 0 atom stereocenters. The predicted octanol–water partition coefficient (Wildman–Crippen LogP) is 2.74. The summed E-state index contributed by atoms with van der Waals surface area (Å²) >= 11 is 0. The number of para-hydroxylation sites is 1. The predicted molar refractivity (Wildman–Crippen MR) is 109 cm³/mol. The molecule has 8 nitrogen and oxygen atoms in total. The van der Waals surface area contributed by atoms with Crippen LogP contribution in [-0.4, -0.2) is 37.3 Å². The second-order valence-electron chi connectivity index (χ2n) is 6.54.